The van der Waals surface area contributed by atoms with E-state index in [-0.39, 0.29) is 0 Å². The Kier molecular flexibility index (Phi) is 2.22. The average Bonchev–Trinajstić information content (AvgIpc) is 3.04. The summed E-state index contributed by atoms with van der Waals surface area (Å²) >= 11 is 2.37. The molecule has 0 radical (unpaired) electrons. The Morgan fingerprint density at radius 2 is 1.43 bits per heavy atom. The van der Waals surface area contributed by atoms with Gasteiger partial charge in [0.1, 0.15) is 11.2 Å². The summed E-state index contributed by atoms with van der Waals surface area (Å²) in [5.74, 6) is 0. The van der Waals surface area contributed by atoms with Crippen LogP contribution in [0.1, 0.15) is 0 Å². The van der Waals surface area contributed by atoms with Crippen molar-refractivity contribution < 1.29 is 4.42 Å². The summed E-state index contributed by atoms with van der Waals surface area (Å²) < 4.78 is 8.23. The van der Waals surface area contributed by atoms with Crippen LogP contribution in [0.2, 0.25) is 0 Å². The van der Waals surface area contributed by atoms with E-state index in [1.165, 1.54) is 32.6 Å². The number of rotatable bonds is 0. The quantitative estimate of drug-likeness (QED) is 0.305. The lowest BCUT2D eigenvalue weighted by Gasteiger charge is -1.95. The maximum Gasteiger partial charge on any atom is 0.136 e. The molecule has 0 fully saturated rings. The number of halogens is 1. The zero-order chi connectivity index (χ0) is 14.0. The van der Waals surface area contributed by atoms with Gasteiger partial charge >= 0.3 is 0 Å². The fourth-order valence-corrected chi connectivity index (χ4v) is 4.05. The third-order valence-corrected chi connectivity index (χ3v) is 5.16. The van der Waals surface area contributed by atoms with Crippen molar-refractivity contribution in [1.29, 1.82) is 0 Å². The van der Waals surface area contributed by atoms with Gasteiger partial charge in [0.25, 0.3) is 0 Å². The molecule has 0 bridgehead atoms. The molecule has 3 aromatic carbocycles. The summed E-state index contributed by atoms with van der Waals surface area (Å²) in [6.45, 7) is 0. The number of fused-ring (bicyclic) bond motifs is 7. The fourth-order valence-electron chi connectivity index (χ4n) is 3.23. The number of para-hydroxylation sites is 2. The van der Waals surface area contributed by atoms with E-state index < -0.39 is 0 Å². The standard InChI is InChI=1S/C18H10INO/c19-20-13-7-3-1-5-11(13)17-14(20)9-10-16-18(17)12-6-2-4-8-15(12)21-16/h1-10H. The molecule has 0 atom stereocenters. The van der Waals surface area contributed by atoms with Crippen LogP contribution in [-0.2, 0) is 0 Å². The molecule has 0 unspecified atom stereocenters. The molecule has 2 nitrogen and oxygen atoms in total. The van der Waals surface area contributed by atoms with Crippen LogP contribution in [0.5, 0.6) is 0 Å². The summed E-state index contributed by atoms with van der Waals surface area (Å²) in [5.41, 5.74) is 4.38. The molecule has 100 valence electrons. The second-order valence-corrected chi connectivity index (χ2v) is 6.19. The Balaban J connectivity index is 2.20. The first-order valence-corrected chi connectivity index (χ1v) is 7.80. The van der Waals surface area contributed by atoms with Crippen LogP contribution in [0.15, 0.2) is 65.1 Å². The van der Waals surface area contributed by atoms with Crippen molar-refractivity contribution in [2.45, 2.75) is 0 Å². The van der Waals surface area contributed by atoms with Crippen LogP contribution in [-0.4, -0.2) is 2.78 Å². The van der Waals surface area contributed by atoms with Crippen molar-refractivity contribution in [3.63, 3.8) is 0 Å². The van der Waals surface area contributed by atoms with Gasteiger partial charge in [0.15, 0.2) is 0 Å². The molecule has 0 saturated heterocycles. The first-order chi connectivity index (χ1) is 10.3. The Labute approximate surface area is 134 Å². The van der Waals surface area contributed by atoms with Crippen LogP contribution in [0.4, 0.5) is 0 Å². The minimum Gasteiger partial charge on any atom is -0.456 e. The highest BCUT2D eigenvalue weighted by molar-refractivity contribution is 14.1. The van der Waals surface area contributed by atoms with E-state index in [0.717, 1.165) is 11.2 Å². The number of benzene rings is 3. The molecular weight excluding hydrogens is 373 g/mol. The highest BCUT2D eigenvalue weighted by atomic mass is 127. The van der Waals surface area contributed by atoms with Crippen LogP contribution in [0.25, 0.3) is 43.7 Å². The first kappa shape index (κ1) is 11.6. The summed E-state index contributed by atoms with van der Waals surface area (Å²) in [7, 11) is 0. The lowest BCUT2D eigenvalue weighted by molar-refractivity contribution is 0.669. The van der Waals surface area contributed by atoms with E-state index in [1.54, 1.807) is 0 Å². The number of nitrogens with zero attached hydrogens (tertiary/aromatic N) is 1. The predicted octanol–water partition coefficient (Wildman–Crippen LogP) is 5.89. The number of hydrogen-bond acceptors (Lipinski definition) is 1. The normalized spacial score (nSPS) is 12.0. The number of aromatic nitrogens is 1. The molecule has 2 heterocycles. The molecule has 21 heavy (non-hydrogen) atoms. The van der Waals surface area contributed by atoms with Gasteiger partial charge in [0.05, 0.1) is 33.9 Å². The lowest BCUT2D eigenvalue weighted by atomic mass is 10.1. The van der Waals surface area contributed by atoms with E-state index in [0.29, 0.717) is 0 Å². The molecule has 5 rings (SSSR count). The molecule has 0 aliphatic rings. The minimum atomic E-state index is 0.949. The zero-order valence-corrected chi connectivity index (χ0v) is 13.2. The van der Waals surface area contributed by atoms with Gasteiger partial charge in [-0.25, -0.2) is 0 Å². The molecule has 0 aliphatic carbocycles. The molecule has 0 N–H and O–H groups in total. The van der Waals surface area contributed by atoms with Crippen molar-refractivity contribution in [2.24, 2.45) is 0 Å². The third kappa shape index (κ3) is 1.42. The van der Waals surface area contributed by atoms with Gasteiger partial charge < -0.3 is 4.42 Å². The van der Waals surface area contributed by atoms with Crippen molar-refractivity contribution in [2.75, 3.05) is 0 Å². The smallest absolute Gasteiger partial charge is 0.136 e. The summed E-state index contributed by atoms with van der Waals surface area (Å²) in [4.78, 5) is 0. The molecule has 2 aromatic heterocycles. The zero-order valence-electron chi connectivity index (χ0n) is 11.0. The topological polar surface area (TPSA) is 18.1 Å². The Morgan fingerprint density at radius 1 is 0.667 bits per heavy atom. The molecule has 0 aliphatic heterocycles. The molecule has 0 amide bonds. The van der Waals surface area contributed by atoms with Gasteiger partial charge in [-0.1, -0.05) is 36.4 Å². The first-order valence-electron chi connectivity index (χ1n) is 6.84. The molecular formula is C18H10INO. The van der Waals surface area contributed by atoms with Gasteiger partial charge in [-0.3, -0.25) is 2.78 Å². The minimum absolute atomic E-state index is 0.949. The highest BCUT2D eigenvalue weighted by Gasteiger charge is 2.16. The van der Waals surface area contributed by atoms with Crippen LogP contribution in [0.3, 0.4) is 0 Å². The Bertz CT molecular complexity index is 1150. The van der Waals surface area contributed by atoms with Crippen LogP contribution < -0.4 is 0 Å². The van der Waals surface area contributed by atoms with E-state index in [4.69, 9.17) is 4.42 Å². The Hall–Kier alpha value is -2.01. The summed E-state index contributed by atoms with van der Waals surface area (Å²) in [6, 6.07) is 21.0. The van der Waals surface area contributed by atoms with Crippen molar-refractivity contribution in [3.8, 4) is 0 Å². The lowest BCUT2D eigenvalue weighted by Crippen LogP contribution is -1.76. The maximum atomic E-state index is 6.01. The van der Waals surface area contributed by atoms with Crippen molar-refractivity contribution in [3.05, 3.63) is 60.7 Å². The van der Waals surface area contributed by atoms with Gasteiger partial charge in [-0.2, -0.15) is 0 Å². The fraction of sp³-hybridized carbons (Fsp3) is 0. The average molecular weight is 383 g/mol. The van der Waals surface area contributed by atoms with Crippen LogP contribution >= 0.6 is 22.9 Å². The molecule has 3 heteroatoms. The maximum absolute atomic E-state index is 6.01. The van der Waals surface area contributed by atoms with Crippen LogP contribution in [0, 0.1) is 0 Å². The van der Waals surface area contributed by atoms with E-state index in [2.05, 4.69) is 74.2 Å². The molecule has 5 aromatic rings. The number of furan rings is 1. The van der Waals surface area contributed by atoms with Crippen molar-refractivity contribution >= 4 is 66.6 Å². The van der Waals surface area contributed by atoms with E-state index >= 15 is 0 Å². The Morgan fingerprint density at radius 3 is 2.33 bits per heavy atom. The van der Waals surface area contributed by atoms with Crippen molar-refractivity contribution in [1.82, 2.24) is 2.78 Å². The summed E-state index contributed by atoms with van der Waals surface area (Å²) in [5, 5.41) is 4.96. The second-order valence-electron chi connectivity index (χ2n) is 5.23. The molecule has 0 saturated carbocycles. The number of hydrogen-bond donors (Lipinski definition) is 0. The predicted molar refractivity (Wildman–Crippen MR) is 96.1 cm³/mol. The molecule has 0 spiro atoms. The van der Waals surface area contributed by atoms with Gasteiger partial charge in [-0.05, 0) is 24.3 Å². The largest absolute Gasteiger partial charge is 0.456 e. The third-order valence-electron chi connectivity index (χ3n) is 4.12. The summed E-state index contributed by atoms with van der Waals surface area (Å²) in [6.07, 6.45) is 0. The van der Waals surface area contributed by atoms with Gasteiger partial charge in [0, 0.05) is 21.5 Å². The highest BCUT2D eigenvalue weighted by Crippen LogP contribution is 2.40. The van der Waals surface area contributed by atoms with E-state index in [9.17, 15) is 0 Å². The van der Waals surface area contributed by atoms with Gasteiger partial charge in [-0.15, -0.1) is 0 Å². The van der Waals surface area contributed by atoms with E-state index in [1.807, 2.05) is 12.1 Å². The second kappa shape index (κ2) is 4.01. The monoisotopic (exact) mass is 383 g/mol. The SMILES string of the molecule is In1c2ccccc2c2c3c(ccc21)oc1ccccc13. The van der Waals surface area contributed by atoms with Gasteiger partial charge in [0.2, 0.25) is 0 Å².